The summed E-state index contributed by atoms with van der Waals surface area (Å²) in [4.78, 5) is 0. The topological polar surface area (TPSA) is 71.3 Å². The Balaban J connectivity index is 2.04. The Labute approximate surface area is 163 Å². The van der Waals surface area contributed by atoms with Gasteiger partial charge in [0.2, 0.25) is 0 Å². The van der Waals surface area contributed by atoms with Crippen LogP contribution in [0.2, 0.25) is 0 Å². The first kappa shape index (κ1) is 21.1. The molecule has 1 aliphatic heterocycles. The van der Waals surface area contributed by atoms with Crippen molar-refractivity contribution in [2.45, 2.75) is 49.3 Å². The Morgan fingerprint density at radius 2 is 2.04 bits per heavy atom. The molecule has 5 unspecified atom stereocenters. The van der Waals surface area contributed by atoms with E-state index in [0.29, 0.717) is 42.5 Å². The lowest BCUT2D eigenvalue weighted by atomic mass is 9.73. The largest absolute Gasteiger partial charge is 0.381 e. The highest BCUT2D eigenvalue weighted by Crippen LogP contribution is 2.40. The van der Waals surface area contributed by atoms with Gasteiger partial charge in [-0.25, -0.2) is 0 Å². The summed E-state index contributed by atoms with van der Waals surface area (Å²) in [6.45, 7) is 8.55. The Bertz CT molecular complexity index is 472. The summed E-state index contributed by atoms with van der Waals surface area (Å²) in [5.41, 5.74) is 5.96. The number of rotatable bonds is 7. The number of likely N-dealkylation sites (N-methyl/N-ethyl adjacent to an activating group) is 1. The van der Waals surface area contributed by atoms with Crippen LogP contribution in [0.3, 0.4) is 0 Å². The molecule has 0 aromatic heterocycles. The molecule has 1 heterocycles. The fourth-order valence-corrected chi connectivity index (χ4v) is 6.91. The third kappa shape index (κ3) is 4.76. The average molecular weight is 464 g/mol. The van der Waals surface area contributed by atoms with Crippen LogP contribution < -0.4 is 21.7 Å². The third-order valence-electron chi connectivity index (χ3n) is 6.41. The van der Waals surface area contributed by atoms with Crippen molar-refractivity contribution in [1.29, 1.82) is 0 Å². The second-order valence-corrected chi connectivity index (χ2v) is 10.2. The predicted molar refractivity (Wildman–Crippen MR) is 116 cm³/mol. The quantitative estimate of drug-likeness (QED) is 0.341. The van der Waals surface area contributed by atoms with E-state index in [-0.39, 0.29) is 20.7 Å². The molecule has 2 aliphatic rings. The van der Waals surface area contributed by atoms with Crippen LogP contribution in [-0.2, 0) is 4.74 Å². The van der Waals surface area contributed by atoms with Crippen LogP contribution in [0.15, 0.2) is 11.9 Å². The number of ether oxygens (including phenoxy) is 1. The van der Waals surface area contributed by atoms with E-state index in [0.717, 1.165) is 22.2 Å². The molecular weight excluding hydrogens is 427 g/mol. The SMILES string of the molecule is C=I[C@H]1CC(CNC2=CC(NC)[C@H](C)C(CN)N2)[C@@H](OC)C(C)C1C. The van der Waals surface area contributed by atoms with Crippen molar-refractivity contribution in [3.63, 3.8) is 0 Å². The van der Waals surface area contributed by atoms with Crippen LogP contribution in [0.5, 0.6) is 0 Å². The lowest BCUT2D eigenvalue weighted by Gasteiger charge is -2.43. The first-order valence-corrected chi connectivity index (χ1v) is 12.2. The van der Waals surface area contributed by atoms with E-state index in [4.69, 9.17) is 10.5 Å². The number of hydrogen-bond acceptors (Lipinski definition) is 5. The molecule has 5 nitrogen and oxygen atoms in total. The van der Waals surface area contributed by atoms with Crippen LogP contribution in [0.25, 0.3) is 0 Å². The van der Waals surface area contributed by atoms with Crippen LogP contribution >= 0.6 is 20.7 Å². The highest BCUT2D eigenvalue weighted by molar-refractivity contribution is 14.2. The summed E-state index contributed by atoms with van der Waals surface area (Å²) in [5, 5.41) is 10.6. The Kier molecular flexibility index (Phi) is 8.17. The minimum absolute atomic E-state index is 0.0237. The Morgan fingerprint density at radius 1 is 1.32 bits per heavy atom. The third-order valence-corrected chi connectivity index (χ3v) is 9.19. The number of hydrogen-bond donors (Lipinski definition) is 4. The second kappa shape index (κ2) is 9.67. The van der Waals surface area contributed by atoms with Gasteiger partial charge in [-0.05, 0) is 37.3 Å². The van der Waals surface area contributed by atoms with Crippen molar-refractivity contribution in [2.75, 3.05) is 27.2 Å². The van der Waals surface area contributed by atoms with Gasteiger partial charge in [0.25, 0.3) is 0 Å². The molecule has 1 fully saturated rings. The van der Waals surface area contributed by atoms with E-state index in [2.05, 4.69) is 47.3 Å². The number of nitrogens with one attached hydrogen (secondary N) is 3. The van der Waals surface area contributed by atoms with Gasteiger partial charge in [-0.15, -0.1) is 20.7 Å². The van der Waals surface area contributed by atoms with E-state index < -0.39 is 0 Å². The lowest BCUT2D eigenvalue weighted by molar-refractivity contribution is -0.0293. The minimum atomic E-state index is 0.0237. The maximum atomic E-state index is 5.96. The van der Waals surface area contributed by atoms with E-state index in [1.165, 1.54) is 6.42 Å². The highest BCUT2D eigenvalue weighted by atomic mass is 127. The molecule has 0 bridgehead atoms. The second-order valence-electron chi connectivity index (χ2n) is 7.71. The van der Waals surface area contributed by atoms with Gasteiger partial charge in [0.15, 0.2) is 0 Å². The van der Waals surface area contributed by atoms with Gasteiger partial charge in [-0.3, -0.25) is 0 Å². The van der Waals surface area contributed by atoms with Crippen molar-refractivity contribution in [3.8, 4) is 0 Å². The molecule has 5 N–H and O–H groups in total. The first-order valence-electron chi connectivity index (χ1n) is 9.46. The summed E-state index contributed by atoms with van der Waals surface area (Å²) in [6, 6.07) is 0.645. The van der Waals surface area contributed by atoms with Crippen LogP contribution in [0, 0.1) is 23.7 Å². The zero-order valence-corrected chi connectivity index (χ0v) is 18.5. The van der Waals surface area contributed by atoms with Gasteiger partial charge in [0, 0.05) is 42.1 Å². The normalized spacial score (nSPS) is 41.8. The van der Waals surface area contributed by atoms with Gasteiger partial charge in [-0.1, -0.05) is 25.3 Å². The first-order chi connectivity index (χ1) is 12.0. The van der Waals surface area contributed by atoms with Crippen LogP contribution in [0.1, 0.15) is 27.2 Å². The van der Waals surface area contributed by atoms with Crippen molar-refractivity contribution >= 4 is 25.2 Å². The summed E-state index contributed by atoms with van der Waals surface area (Å²) in [6.07, 6.45) is 3.81. The van der Waals surface area contributed by atoms with Crippen molar-refractivity contribution in [1.82, 2.24) is 16.0 Å². The van der Waals surface area contributed by atoms with Gasteiger partial charge in [-0.2, -0.15) is 0 Å². The van der Waals surface area contributed by atoms with Gasteiger partial charge in [0.05, 0.1) is 11.9 Å². The van der Waals surface area contributed by atoms with Gasteiger partial charge < -0.3 is 26.4 Å². The number of alkyl halides is 1. The van der Waals surface area contributed by atoms with Gasteiger partial charge >= 0.3 is 0 Å². The number of halogens is 1. The standard InChI is InChI=1S/C19H37IN4O/c1-11-12(2)19(25-6)14(7-15(11)20-4)10-23-18-8-16(22-5)13(3)17(9-21)24-18/h8,11-17,19,22-24H,4,7,9-10,21H2,1-3,5-6H3/t11?,12?,13-,14?,15-,16?,17?,19-/m0/s1. The zero-order chi connectivity index (χ0) is 18.6. The predicted octanol–water partition coefficient (Wildman–Crippen LogP) is 1.65. The molecule has 0 radical (unpaired) electrons. The molecule has 1 saturated carbocycles. The number of methoxy groups -OCH3 is 1. The lowest BCUT2D eigenvalue weighted by Crippen LogP contribution is -2.55. The monoisotopic (exact) mass is 464 g/mol. The summed E-state index contributed by atoms with van der Waals surface area (Å²) in [7, 11) is 3.88. The smallest absolute Gasteiger partial charge is 0.0964 e. The number of nitrogens with two attached hydrogens (primary N) is 1. The minimum Gasteiger partial charge on any atom is -0.381 e. The zero-order valence-electron chi connectivity index (χ0n) is 16.4. The summed E-state index contributed by atoms with van der Waals surface area (Å²) < 4.78 is 11.0. The molecule has 0 aromatic carbocycles. The van der Waals surface area contributed by atoms with E-state index in [1.807, 2.05) is 14.2 Å². The fraction of sp³-hybridized carbons (Fsp3) is 0.842. The van der Waals surface area contributed by atoms with Crippen molar-refractivity contribution in [2.24, 2.45) is 29.4 Å². The van der Waals surface area contributed by atoms with Crippen LogP contribution in [-0.4, -0.2) is 53.9 Å². The molecule has 0 spiro atoms. The Morgan fingerprint density at radius 3 is 2.60 bits per heavy atom. The van der Waals surface area contributed by atoms with E-state index in [9.17, 15) is 0 Å². The van der Waals surface area contributed by atoms with Crippen molar-refractivity contribution < 1.29 is 4.74 Å². The fourth-order valence-electron chi connectivity index (χ4n) is 4.44. The summed E-state index contributed by atoms with van der Waals surface area (Å²) >= 11 is 0.0237. The molecule has 146 valence electrons. The van der Waals surface area contributed by atoms with Crippen molar-refractivity contribution in [3.05, 3.63) is 11.9 Å². The molecule has 8 atom stereocenters. The molecule has 2 rings (SSSR count). The maximum Gasteiger partial charge on any atom is 0.0964 e. The van der Waals surface area contributed by atoms with E-state index in [1.54, 1.807) is 0 Å². The molecular formula is C19H37IN4O. The average Bonchev–Trinajstić information content (AvgIpc) is 2.63. The molecule has 0 saturated heterocycles. The molecule has 25 heavy (non-hydrogen) atoms. The summed E-state index contributed by atoms with van der Waals surface area (Å²) in [5.74, 6) is 3.42. The highest BCUT2D eigenvalue weighted by Gasteiger charge is 2.40. The molecule has 1 aliphatic carbocycles. The molecule has 0 aromatic rings. The maximum absolute atomic E-state index is 5.96. The van der Waals surface area contributed by atoms with Crippen LogP contribution in [0.4, 0.5) is 0 Å². The molecule has 0 amide bonds. The van der Waals surface area contributed by atoms with Gasteiger partial charge in [0.1, 0.15) is 0 Å². The molecule has 6 heteroatoms. The Hall–Kier alpha value is -0.180. The van der Waals surface area contributed by atoms with E-state index >= 15 is 0 Å².